The minimum absolute atomic E-state index is 0.112. The van der Waals surface area contributed by atoms with Gasteiger partial charge in [-0.25, -0.2) is 0 Å². The summed E-state index contributed by atoms with van der Waals surface area (Å²) in [7, 11) is 0. The van der Waals surface area contributed by atoms with Gasteiger partial charge in [-0.15, -0.1) is 0 Å². The first kappa shape index (κ1) is 15.6. The molecule has 2 rings (SSSR count). The summed E-state index contributed by atoms with van der Waals surface area (Å²) in [6.07, 6.45) is 4.56. The second-order valence-electron chi connectivity index (χ2n) is 6.23. The fraction of sp³-hybridized carbons (Fsp3) is 0.588. The Hall–Kier alpha value is -0.830. The standard InChI is InChI=1S/C17H23BrO2/c1-4-20-15-9-8-12(11-14(15)18)16(19)13-7-5-6-10-17(13,2)3/h8-9,11,13H,4-7,10H2,1-3H3. The van der Waals surface area contributed by atoms with Gasteiger partial charge in [0.25, 0.3) is 0 Å². The van der Waals surface area contributed by atoms with E-state index in [4.69, 9.17) is 4.74 Å². The smallest absolute Gasteiger partial charge is 0.166 e. The van der Waals surface area contributed by atoms with Crippen molar-refractivity contribution < 1.29 is 9.53 Å². The zero-order chi connectivity index (χ0) is 14.8. The number of hydrogen-bond donors (Lipinski definition) is 0. The zero-order valence-corrected chi connectivity index (χ0v) is 14.1. The molecule has 1 atom stereocenters. The van der Waals surface area contributed by atoms with E-state index in [1.165, 1.54) is 6.42 Å². The van der Waals surface area contributed by atoms with Gasteiger partial charge in [0.15, 0.2) is 5.78 Å². The average Bonchev–Trinajstić information content (AvgIpc) is 2.40. The van der Waals surface area contributed by atoms with Crippen LogP contribution in [0.3, 0.4) is 0 Å². The van der Waals surface area contributed by atoms with Gasteiger partial charge in [0.2, 0.25) is 0 Å². The lowest BCUT2D eigenvalue weighted by atomic mass is 9.66. The topological polar surface area (TPSA) is 26.3 Å². The largest absolute Gasteiger partial charge is 0.493 e. The van der Waals surface area contributed by atoms with Gasteiger partial charge in [0, 0.05) is 11.5 Å². The normalized spacial score (nSPS) is 21.5. The molecule has 1 unspecified atom stereocenters. The third-order valence-corrected chi connectivity index (χ3v) is 4.96. The van der Waals surface area contributed by atoms with Crippen molar-refractivity contribution in [3.05, 3.63) is 28.2 Å². The van der Waals surface area contributed by atoms with Gasteiger partial charge in [0.05, 0.1) is 11.1 Å². The number of rotatable bonds is 4. The molecule has 0 aromatic heterocycles. The Balaban J connectivity index is 2.22. The molecule has 0 spiro atoms. The Bertz CT molecular complexity index is 494. The molecule has 1 aliphatic carbocycles. The van der Waals surface area contributed by atoms with Crippen LogP contribution in [0.2, 0.25) is 0 Å². The van der Waals surface area contributed by atoms with E-state index in [1.807, 2.05) is 25.1 Å². The van der Waals surface area contributed by atoms with E-state index in [0.717, 1.165) is 35.0 Å². The Morgan fingerprint density at radius 2 is 2.15 bits per heavy atom. The minimum Gasteiger partial charge on any atom is -0.493 e. The monoisotopic (exact) mass is 338 g/mol. The first-order valence-electron chi connectivity index (χ1n) is 7.42. The first-order valence-corrected chi connectivity index (χ1v) is 8.21. The van der Waals surface area contributed by atoms with Crippen molar-refractivity contribution in [1.29, 1.82) is 0 Å². The number of halogens is 1. The molecule has 0 radical (unpaired) electrons. The molecule has 110 valence electrons. The molecule has 1 fully saturated rings. The van der Waals surface area contributed by atoms with E-state index in [0.29, 0.717) is 6.61 Å². The van der Waals surface area contributed by atoms with Gasteiger partial charge in [-0.1, -0.05) is 26.7 Å². The molecule has 0 N–H and O–H groups in total. The van der Waals surface area contributed by atoms with Crippen LogP contribution in [0.25, 0.3) is 0 Å². The van der Waals surface area contributed by atoms with Crippen molar-refractivity contribution in [2.24, 2.45) is 11.3 Å². The summed E-state index contributed by atoms with van der Waals surface area (Å²) in [6, 6.07) is 5.68. The second kappa shape index (κ2) is 6.30. The minimum atomic E-state index is 0.112. The SMILES string of the molecule is CCOc1ccc(C(=O)C2CCCCC2(C)C)cc1Br. The summed E-state index contributed by atoms with van der Waals surface area (Å²) >= 11 is 3.49. The lowest BCUT2D eigenvalue weighted by Gasteiger charge is -2.37. The number of ketones is 1. The molecule has 3 heteroatoms. The summed E-state index contributed by atoms with van der Waals surface area (Å²) < 4.78 is 6.36. The first-order chi connectivity index (χ1) is 9.45. The Kier molecular flexibility index (Phi) is 4.90. The Morgan fingerprint density at radius 3 is 2.75 bits per heavy atom. The van der Waals surface area contributed by atoms with Gasteiger partial charge in [-0.05, 0) is 59.3 Å². The van der Waals surface area contributed by atoms with Gasteiger partial charge in [-0.3, -0.25) is 4.79 Å². The van der Waals surface area contributed by atoms with Gasteiger partial charge >= 0.3 is 0 Å². The summed E-state index contributed by atoms with van der Waals surface area (Å²) in [4.78, 5) is 12.8. The van der Waals surface area contributed by atoms with Crippen molar-refractivity contribution in [1.82, 2.24) is 0 Å². The molecule has 0 bridgehead atoms. The van der Waals surface area contributed by atoms with Crippen molar-refractivity contribution in [3.8, 4) is 5.75 Å². The van der Waals surface area contributed by atoms with Crippen LogP contribution in [0, 0.1) is 11.3 Å². The molecular formula is C17H23BrO2. The molecule has 0 amide bonds. The summed E-state index contributed by atoms with van der Waals surface area (Å²) in [5.41, 5.74) is 0.903. The number of carbonyl (C=O) groups is 1. The maximum Gasteiger partial charge on any atom is 0.166 e. The third-order valence-electron chi connectivity index (χ3n) is 4.34. The molecule has 1 aliphatic rings. The van der Waals surface area contributed by atoms with Crippen LogP contribution in [0.1, 0.15) is 56.8 Å². The Labute approximate surface area is 130 Å². The quantitative estimate of drug-likeness (QED) is 0.701. The molecule has 0 aliphatic heterocycles. The van der Waals surface area contributed by atoms with Crippen LogP contribution >= 0.6 is 15.9 Å². The summed E-state index contributed by atoms with van der Waals surface area (Å²) in [5, 5.41) is 0. The van der Waals surface area contributed by atoms with Gasteiger partial charge in [-0.2, -0.15) is 0 Å². The van der Waals surface area contributed by atoms with Crippen LogP contribution < -0.4 is 4.74 Å². The van der Waals surface area contributed by atoms with E-state index in [1.54, 1.807) is 0 Å². The van der Waals surface area contributed by atoms with E-state index in [9.17, 15) is 4.79 Å². The van der Waals surface area contributed by atoms with Crippen LogP contribution in [0.5, 0.6) is 5.75 Å². The lowest BCUT2D eigenvalue weighted by molar-refractivity contribution is 0.0697. The van der Waals surface area contributed by atoms with Gasteiger partial charge in [0.1, 0.15) is 5.75 Å². The number of ether oxygens (including phenoxy) is 1. The highest BCUT2D eigenvalue weighted by atomic mass is 79.9. The van der Waals surface area contributed by atoms with Crippen LogP contribution in [-0.2, 0) is 0 Å². The van der Waals surface area contributed by atoms with Crippen molar-refractivity contribution >= 4 is 21.7 Å². The van der Waals surface area contributed by atoms with Crippen LogP contribution in [0.4, 0.5) is 0 Å². The van der Waals surface area contributed by atoms with E-state index in [-0.39, 0.29) is 17.1 Å². The average molecular weight is 339 g/mol. The number of benzene rings is 1. The van der Waals surface area contributed by atoms with E-state index in [2.05, 4.69) is 29.8 Å². The maximum absolute atomic E-state index is 12.8. The highest BCUT2D eigenvalue weighted by Crippen LogP contribution is 2.42. The molecule has 1 aromatic carbocycles. The molecule has 0 saturated heterocycles. The van der Waals surface area contributed by atoms with E-state index < -0.39 is 0 Å². The highest BCUT2D eigenvalue weighted by Gasteiger charge is 2.37. The summed E-state index contributed by atoms with van der Waals surface area (Å²) in [5.74, 6) is 1.21. The van der Waals surface area contributed by atoms with Crippen LogP contribution in [-0.4, -0.2) is 12.4 Å². The lowest BCUT2D eigenvalue weighted by Crippen LogP contribution is -2.34. The van der Waals surface area contributed by atoms with Crippen molar-refractivity contribution in [3.63, 3.8) is 0 Å². The van der Waals surface area contributed by atoms with Gasteiger partial charge < -0.3 is 4.74 Å². The molecule has 20 heavy (non-hydrogen) atoms. The van der Waals surface area contributed by atoms with Crippen LogP contribution in [0.15, 0.2) is 22.7 Å². The number of Topliss-reactive ketones (excluding diaryl/α,β-unsaturated/α-hetero) is 1. The maximum atomic E-state index is 12.8. The van der Waals surface area contributed by atoms with Crippen molar-refractivity contribution in [2.75, 3.05) is 6.61 Å². The highest BCUT2D eigenvalue weighted by molar-refractivity contribution is 9.10. The molecule has 0 heterocycles. The second-order valence-corrected chi connectivity index (χ2v) is 7.08. The zero-order valence-electron chi connectivity index (χ0n) is 12.5. The predicted molar refractivity (Wildman–Crippen MR) is 85.4 cm³/mol. The predicted octanol–water partition coefficient (Wildman–Crippen LogP) is 5.25. The van der Waals surface area contributed by atoms with E-state index >= 15 is 0 Å². The van der Waals surface area contributed by atoms with Crippen molar-refractivity contribution in [2.45, 2.75) is 46.5 Å². The molecule has 1 aromatic rings. The fourth-order valence-electron chi connectivity index (χ4n) is 3.11. The molecule has 1 saturated carbocycles. The molecule has 2 nitrogen and oxygen atoms in total. The Morgan fingerprint density at radius 1 is 1.40 bits per heavy atom. The number of carbonyl (C=O) groups excluding carboxylic acids is 1. The number of hydrogen-bond acceptors (Lipinski definition) is 2. The summed E-state index contributed by atoms with van der Waals surface area (Å²) in [6.45, 7) is 7.02. The fourth-order valence-corrected chi connectivity index (χ4v) is 3.60. The third kappa shape index (κ3) is 3.25. The molecular weight excluding hydrogens is 316 g/mol.